The number of ether oxygens (including phenoxy) is 1. The zero-order valence-electron chi connectivity index (χ0n) is 14.9. The predicted octanol–water partition coefficient (Wildman–Crippen LogP) is 4.92. The minimum absolute atomic E-state index is 0.168. The normalized spacial score (nSPS) is 19.2. The average molecular weight is 343 g/mol. The topological polar surface area (TPSA) is 39.9 Å². The Hall–Kier alpha value is -2.88. The Morgan fingerprint density at radius 2 is 1.85 bits per heavy atom. The highest BCUT2D eigenvalue weighted by atomic mass is 16.5. The summed E-state index contributed by atoms with van der Waals surface area (Å²) in [6.45, 7) is 2.08. The van der Waals surface area contributed by atoms with E-state index in [9.17, 15) is 0 Å². The summed E-state index contributed by atoms with van der Waals surface area (Å²) in [7, 11) is 0. The lowest BCUT2D eigenvalue weighted by Crippen LogP contribution is -2.18. The number of hydrogen-bond acceptors (Lipinski definition) is 3. The summed E-state index contributed by atoms with van der Waals surface area (Å²) in [5.41, 5.74) is 6.80. The lowest BCUT2D eigenvalue weighted by Gasteiger charge is -2.20. The number of allylic oxidation sites excluding steroid dienone is 3. The highest BCUT2D eigenvalue weighted by Gasteiger charge is 2.27. The number of benzene rings is 2. The first kappa shape index (κ1) is 15.4. The fourth-order valence-electron chi connectivity index (χ4n) is 3.94. The third-order valence-electron chi connectivity index (χ3n) is 5.26. The SMILES string of the molecule is Cc1ccc(OC2CCC3=C2CCC=C3)c(-n2nc3ccccc3n2)c1. The second-order valence-electron chi connectivity index (χ2n) is 7.09. The first-order valence-electron chi connectivity index (χ1n) is 9.26. The van der Waals surface area contributed by atoms with E-state index >= 15 is 0 Å². The van der Waals surface area contributed by atoms with Crippen molar-refractivity contribution >= 4 is 11.0 Å². The third-order valence-corrected chi connectivity index (χ3v) is 5.26. The van der Waals surface area contributed by atoms with E-state index in [0.717, 1.165) is 48.2 Å². The van der Waals surface area contributed by atoms with E-state index in [1.165, 1.54) is 16.7 Å². The molecule has 3 aromatic rings. The molecule has 0 radical (unpaired) electrons. The van der Waals surface area contributed by atoms with Gasteiger partial charge in [-0.15, -0.1) is 15.0 Å². The van der Waals surface area contributed by atoms with E-state index in [-0.39, 0.29) is 6.10 Å². The standard InChI is InChI=1S/C22H21N3O/c1-15-10-12-22(26-21-13-11-16-6-2-3-7-17(16)21)20(14-15)25-23-18-8-4-5-9-19(18)24-25/h2,4-6,8-10,12,14,21H,3,7,11,13H2,1H3. The largest absolute Gasteiger partial charge is 0.484 e. The van der Waals surface area contributed by atoms with Crippen LogP contribution in [0.15, 0.2) is 65.8 Å². The Balaban J connectivity index is 1.54. The van der Waals surface area contributed by atoms with E-state index in [4.69, 9.17) is 4.74 Å². The molecule has 4 heteroatoms. The van der Waals surface area contributed by atoms with Gasteiger partial charge in [0.15, 0.2) is 0 Å². The summed E-state index contributed by atoms with van der Waals surface area (Å²) < 4.78 is 6.49. The van der Waals surface area contributed by atoms with Crippen molar-refractivity contribution in [1.82, 2.24) is 15.0 Å². The van der Waals surface area contributed by atoms with Crippen molar-refractivity contribution in [2.45, 2.75) is 38.7 Å². The number of fused-ring (bicyclic) bond motifs is 1. The van der Waals surface area contributed by atoms with Crippen molar-refractivity contribution in [2.75, 3.05) is 0 Å². The predicted molar refractivity (Wildman–Crippen MR) is 103 cm³/mol. The van der Waals surface area contributed by atoms with Gasteiger partial charge in [-0.2, -0.15) is 0 Å². The average Bonchev–Trinajstić information content (AvgIpc) is 3.27. The van der Waals surface area contributed by atoms with Crippen LogP contribution in [-0.4, -0.2) is 21.1 Å². The number of aromatic nitrogens is 3. The van der Waals surface area contributed by atoms with Gasteiger partial charge in [0.05, 0.1) is 0 Å². The molecular weight excluding hydrogens is 322 g/mol. The van der Waals surface area contributed by atoms with Crippen LogP contribution in [0.5, 0.6) is 5.75 Å². The smallest absolute Gasteiger partial charge is 0.147 e. The van der Waals surface area contributed by atoms with Crippen molar-refractivity contribution < 1.29 is 4.74 Å². The first-order chi connectivity index (χ1) is 12.8. The maximum Gasteiger partial charge on any atom is 0.147 e. The molecule has 1 atom stereocenters. The molecule has 1 unspecified atom stereocenters. The summed E-state index contributed by atoms with van der Waals surface area (Å²) >= 11 is 0. The summed E-state index contributed by atoms with van der Waals surface area (Å²) in [6, 6.07) is 14.2. The molecule has 1 heterocycles. The van der Waals surface area contributed by atoms with E-state index in [2.05, 4.69) is 47.5 Å². The lowest BCUT2D eigenvalue weighted by molar-refractivity contribution is 0.233. The fourth-order valence-corrected chi connectivity index (χ4v) is 3.94. The van der Waals surface area contributed by atoms with Crippen LogP contribution in [0.25, 0.3) is 16.7 Å². The van der Waals surface area contributed by atoms with Gasteiger partial charge >= 0.3 is 0 Å². The van der Waals surface area contributed by atoms with E-state index in [1.807, 2.05) is 24.3 Å². The summed E-state index contributed by atoms with van der Waals surface area (Å²) in [4.78, 5) is 1.71. The minimum Gasteiger partial charge on any atom is -0.484 e. The molecule has 0 N–H and O–H groups in total. The van der Waals surface area contributed by atoms with Crippen LogP contribution in [0, 0.1) is 6.92 Å². The summed E-state index contributed by atoms with van der Waals surface area (Å²) in [5, 5.41) is 9.29. The van der Waals surface area contributed by atoms with Gasteiger partial charge < -0.3 is 4.74 Å². The minimum atomic E-state index is 0.168. The van der Waals surface area contributed by atoms with Crippen molar-refractivity contribution in [3.8, 4) is 11.4 Å². The molecule has 0 spiro atoms. The number of rotatable bonds is 3. The van der Waals surface area contributed by atoms with Crippen LogP contribution in [-0.2, 0) is 0 Å². The molecule has 5 rings (SSSR count). The van der Waals surface area contributed by atoms with E-state index < -0.39 is 0 Å². The van der Waals surface area contributed by atoms with Gasteiger partial charge in [0.25, 0.3) is 0 Å². The van der Waals surface area contributed by atoms with Crippen molar-refractivity contribution in [3.63, 3.8) is 0 Å². The molecule has 0 aliphatic heterocycles. The third kappa shape index (κ3) is 2.62. The summed E-state index contributed by atoms with van der Waals surface area (Å²) in [5.74, 6) is 0.851. The molecule has 2 aliphatic carbocycles. The van der Waals surface area contributed by atoms with Crippen LogP contribution in [0.1, 0.15) is 31.2 Å². The van der Waals surface area contributed by atoms with Gasteiger partial charge in [-0.25, -0.2) is 0 Å². The van der Waals surface area contributed by atoms with Gasteiger partial charge in [-0.3, -0.25) is 0 Å². The lowest BCUT2D eigenvalue weighted by atomic mass is 9.99. The molecule has 0 amide bonds. The van der Waals surface area contributed by atoms with Gasteiger partial charge in [0.1, 0.15) is 28.6 Å². The number of nitrogens with zero attached hydrogens (tertiary/aromatic N) is 3. The van der Waals surface area contributed by atoms with Crippen LogP contribution in [0.3, 0.4) is 0 Å². The molecular formula is C22H21N3O. The Bertz CT molecular complexity index is 1010. The molecule has 0 bridgehead atoms. The van der Waals surface area contributed by atoms with Gasteiger partial charge in [0, 0.05) is 0 Å². The molecule has 130 valence electrons. The second kappa shape index (κ2) is 6.13. The van der Waals surface area contributed by atoms with Crippen molar-refractivity contribution in [1.29, 1.82) is 0 Å². The van der Waals surface area contributed by atoms with E-state index in [1.54, 1.807) is 4.80 Å². The number of hydrogen-bond donors (Lipinski definition) is 0. The van der Waals surface area contributed by atoms with Gasteiger partial charge in [0.2, 0.25) is 0 Å². The van der Waals surface area contributed by atoms with Crippen molar-refractivity contribution in [2.24, 2.45) is 0 Å². The summed E-state index contributed by atoms with van der Waals surface area (Å²) in [6.07, 6.45) is 9.12. The zero-order valence-corrected chi connectivity index (χ0v) is 14.9. The maximum absolute atomic E-state index is 6.49. The van der Waals surface area contributed by atoms with Gasteiger partial charge in [-0.1, -0.05) is 30.4 Å². The molecule has 26 heavy (non-hydrogen) atoms. The molecule has 1 aromatic heterocycles. The van der Waals surface area contributed by atoms with Gasteiger partial charge in [-0.05, 0) is 73.6 Å². The van der Waals surface area contributed by atoms with Crippen LogP contribution in [0.4, 0.5) is 0 Å². The monoisotopic (exact) mass is 343 g/mol. The van der Waals surface area contributed by atoms with Crippen LogP contribution < -0.4 is 4.74 Å². The highest BCUT2D eigenvalue weighted by Crippen LogP contribution is 2.37. The molecule has 0 fully saturated rings. The molecule has 4 nitrogen and oxygen atoms in total. The Morgan fingerprint density at radius 1 is 1.04 bits per heavy atom. The molecule has 0 saturated heterocycles. The second-order valence-corrected chi connectivity index (χ2v) is 7.09. The van der Waals surface area contributed by atoms with Crippen LogP contribution in [0.2, 0.25) is 0 Å². The molecule has 2 aliphatic rings. The Kier molecular flexibility index (Phi) is 3.63. The Morgan fingerprint density at radius 3 is 2.65 bits per heavy atom. The first-order valence-corrected chi connectivity index (χ1v) is 9.26. The number of aryl methyl sites for hydroxylation is 1. The van der Waals surface area contributed by atoms with Crippen molar-refractivity contribution in [3.05, 3.63) is 71.3 Å². The molecule has 0 saturated carbocycles. The fraction of sp³-hybridized carbons (Fsp3) is 0.273. The molecule has 2 aromatic carbocycles. The quantitative estimate of drug-likeness (QED) is 0.678. The van der Waals surface area contributed by atoms with Crippen LogP contribution >= 0.6 is 0 Å². The zero-order chi connectivity index (χ0) is 17.5. The Labute approximate surface area is 152 Å². The highest BCUT2D eigenvalue weighted by molar-refractivity contribution is 5.73. The van der Waals surface area contributed by atoms with E-state index in [0.29, 0.717) is 0 Å². The maximum atomic E-state index is 6.49.